The second-order valence-electron chi connectivity index (χ2n) is 6.46. The zero-order chi connectivity index (χ0) is 13.6. The van der Waals surface area contributed by atoms with E-state index in [9.17, 15) is 4.79 Å². The molecule has 0 radical (unpaired) electrons. The lowest BCUT2D eigenvalue weighted by molar-refractivity contribution is -0.235. The van der Waals surface area contributed by atoms with Crippen LogP contribution in [-0.2, 0) is 14.3 Å². The molecular formula is C14H23NO3. The maximum atomic E-state index is 12.1. The first-order chi connectivity index (χ1) is 8.22. The van der Waals surface area contributed by atoms with E-state index in [1.807, 2.05) is 4.90 Å². The summed E-state index contributed by atoms with van der Waals surface area (Å²) in [5.41, 5.74) is -0.616. The molecule has 1 spiro atoms. The Kier molecular flexibility index (Phi) is 3.06. The fourth-order valence-corrected chi connectivity index (χ4v) is 3.75. The molecule has 0 unspecified atom stereocenters. The van der Waals surface area contributed by atoms with Gasteiger partial charge >= 0.3 is 0 Å². The standard InChI is InChI=1S/C14H23NO3/c1-6-11(16)15-12(2,3)9-14(10-13(15,4)5)17-7-8-18-14/h6H,1,7-10H2,2-5H3. The van der Waals surface area contributed by atoms with Gasteiger partial charge in [-0.1, -0.05) is 6.58 Å². The molecule has 2 aliphatic heterocycles. The van der Waals surface area contributed by atoms with E-state index in [1.54, 1.807) is 0 Å². The second kappa shape index (κ2) is 4.07. The van der Waals surface area contributed by atoms with E-state index in [4.69, 9.17) is 9.47 Å². The first kappa shape index (κ1) is 13.6. The molecule has 2 aliphatic rings. The molecule has 2 rings (SSSR count). The van der Waals surface area contributed by atoms with Gasteiger partial charge in [-0.2, -0.15) is 0 Å². The van der Waals surface area contributed by atoms with Gasteiger partial charge < -0.3 is 14.4 Å². The Balaban J connectivity index is 2.35. The summed E-state index contributed by atoms with van der Waals surface area (Å²) in [5, 5.41) is 0. The van der Waals surface area contributed by atoms with Crippen LogP contribution < -0.4 is 0 Å². The third-order valence-electron chi connectivity index (χ3n) is 3.82. The van der Waals surface area contributed by atoms with Gasteiger partial charge in [0.25, 0.3) is 0 Å². The molecule has 4 nitrogen and oxygen atoms in total. The van der Waals surface area contributed by atoms with Crippen LogP contribution in [0.4, 0.5) is 0 Å². The smallest absolute Gasteiger partial charge is 0.246 e. The van der Waals surface area contributed by atoms with Crippen molar-refractivity contribution in [3.05, 3.63) is 12.7 Å². The van der Waals surface area contributed by atoms with Gasteiger partial charge in [0.1, 0.15) is 0 Å². The van der Waals surface area contributed by atoms with E-state index >= 15 is 0 Å². The number of hydrogen-bond donors (Lipinski definition) is 0. The Hall–Kier alpha value is -0.870. The molecule has 2 heterocycles. The molecule has 0 atom stereocenters. The Morgan fingerprint density at radius 2 is 1.56 bits per heavy atom. The first-order valence-electron chi connectivity index (χ1n) is 6.47. The summed E-state index contributed by atoms with van der Waals surface area (Å²) in [4.78, 5) is 14.0. The second-order valence-corrected chi connectivity index (χ2v) is 6.46. The lowest BCUT2D eigenvalue weighted by atomic mass is 9.76. The number of carbonyl (C=O) groups is 1. The van der Waals surface area contributed by atoms with Crippen LogP contribution >= 0.6 is 0 Å². The van der Waals surface area contributed by atoms with Crippen molar-refractivity contribution >= 4 is 5.91 Å². The molecule has 0 aromatic rings. The SMILES string of the molecule is C=CC(=O)N1C(C)(C)CC2(CC1(C)C)OCCO2. The summed E-state index contributed by atoms with van der Waals surface area (Å²) in [6.45, 7) is 13.1. The van der Waals surface area contributed by atoms with Crippen molar-refractivity contribution in [3.8, 4) is 0 Å². The highest BCUT2D eigenvalue weighted by molar-refractivity contribution is 5.88. The van der Waals surface area contributed by atoms with Crippen molar-refractivity contribution in [2.45, 2.75) is 57.4 Å². The van der Waals surface area contributed by atoms with E-state index in [2.05, 4.69) is 34.3 Å². The van der Waals surface area contributed by atoms with Crippen molar-refractivity contribution in [2.24, 2.45) is 0 Å². The number of nitrogens with zero attached hydrogens (tertiary/aromatic N) is 1. The number of amides is 1. The van der Waals surface area contributed by atoms with Gasteiger partial charge in [-0.15, -0.1) is 0 Å². The number of hydrogen-bond acceptors (Lipinski definition) is 3. The number of ether oxygens (including phenoxy) is 2. The number of carbonyl (C=O) groups excluding carboxylic acids is 1. The van der Waals surface area contributed by atoms with Crippen molar-refractivity contribution in [1.29, 1.82) is 0 Å². The van der Waals surface area contributed by atoms with E-state index in [0.717, 1.165) is 0 Å². The van der Waals surface area contributed by atoms with Gasteiger partial charge in [-0.05, 0) is 33.8 Å². The van der Waals surface area contributed by atoms with Crippen LogP contribution in [0.25, 0.3) is 0 Å². The van der Waals surface area contributed by atoms with Crippen LogP contribution in [0.3, 0.4) is 0 Å². The molecule has 0 bridgehead atoms. The fourth-order valence-electron chi connectivity index (χ4n) is 3.75. The van der Waals surface area contributed by atoms with Crippen LogP contribution in [0.1, 0.15) is 40.5 Å². The Bertz CT molecular complexity index is 347. The van der Waals surface area contributed by atoms with Gasteiger partial charge in [-0.3, -0.25) is 4.79 Å². The van der Waals surface area contributed by atoms with Crippen molar-refractivity contribution in [1.82, 2.24) is 4.90 Å². The van der Waals surface area contributed by atoms with Crippen molar-refractivity contribution in [2.75, 3.05) is 13.2 Å². The molecular weight excluding hydrogens is 230 g/mol. The Morgan fingerprint density at radius 3 is 1.94 bits per heavy atom. The van der Waals surface area contributed by atoms with Crippen LogP contribution in [0, 0.1) is 0 Å². The Morgan fingerprint density at radius 1 is 1.11 bits per heavy atom. The van der Waals surface area contributed by atoms with Crippen LogP contribution in [0.5, 0.6) is 0 Å². The highest BCUT2D eigenvalue weighted by Gasteiger charge is 2.56. The zero-order valence-electron chi connectivity index (χ0n) is 11.8. The van der Waals surface area contributed by atoms with Crippen LogP contribution in [0.15, 0.2) is 12.7 Å². The molecule has 2 fully saturated rings. The van der Waals surface area contributed by atoms with E-state index in [1.165, 1.54) is 6.08 Å². The lowest BCUT2D eigenvalue weighted by Gasteiger charge is -2.57. The molecule has 1 amide bonds. The minimum absolute atomic E-state index is 0.0298. The molecule has 0 aromatic carbocycles. The normalized spacial score (nSPS) is 28.3. The maximum Gasteiger partial charge on any atom is 0.246 e. The van der Waals surface area contributed by atoms with Gasteiger partial charge in [0, 0.05) is 23.9 Å². The molecule has 0 saturated carbocycles. The highest BCUT2D eigenvalue weighted by atomic mass is 16.7. The fraction of sp³-hybridized carbons (Fsp3) is 0.786. The zero-order valence-corrected chi connectivity index (χ0v) is 11.8. The minimum atomic E-state index is -0.523. The predicted octanol–water partition coefficient (Wildman–Crippen LogP) is 2.10. The topological polar surface area (TPSA) is 38.8 Å². The van der Waals surface area contributed by atoms with E-state index in [0.29, 0.717) is 26.1 Å². The molecule has 0 aliphatic carbocycles. The summed E-state index contributed by atoms with van der Waals surface area (Å²) in [7, 11) is 0. The predicted molar refractivity (Wildman–Crippen MR) is 69.1 cm³/mol. The quantitative estimate of drug-likeness (QED) is 0.672. The van der Waals surface area contributed by atoms with Crippen LogP contribution in [0.2, 0.25) is 0 Å². The monoisotopic (exact) mass is 253 g/mol. The highest BCUT2D eigenvalue weighted by Crippen LogP contribution is 2.47. The summed E-state index contributed by atoms with van der Waals surface area (Å²) in [6, 6.07) is 0. The summed E-state index contributed by atoms with van der Waals surface area (Å²) in [5.74, 6) is -0.553. The van der Waals surface area contributed by atoms with Gasteiger partial charge in [0.15, 0.2) is 5.79 Å². The van der Waals surface area contributed by atoms with Crippen molar-refractivity contribution in [3.63, 3.8) is 0 Å². The maximum absolute atomic E-state index is 12.1. The Labute approximate surface area is 109 Å². The largest absolute Gasteiger partial charge is 0.347 e. The summed E-state index contributed by atoms with van der Waals surface area (Å²) in [6.07, 6.45) is 2.78. The molecule has 0 N–H and O–H groups in total. The summed E-state index contributed by atoms with van der Waals surface area (Å²) >= 11 is 0. The van der Waals surface area contributed by atoms with E-state index in [-0.39, 0.29) is 17.0 Å². The molecule has 2 saturated heterocycles. The third kappa shape index (κ3) is 2.08. The van der Waals surface area contributed by atoms with Gasteiger partial charge in [0.2, 0.25) is 5.91 Å². The number of rotatable bonds is 1. The molecule has 4 heteroatoms. The molecule has 0 aromatic heterocycles. The van der Waals surface area contributed by atoms with E-state index < -0.39 is 5.79 Å². The molecule has 102 valence electrons. The average Bonchev–Trinajstić information content (AvgIpc) is 2.61. The first-order valence-corrected chi connectivity index (χ1v) is 6.47. The van der Waals surface area contributed by atoms with Crippen molar-refractivity contribution < 1.29 is 14.3 Å². The summed E-state index contributed by atoms with van der Waals surface area (Å²) < 4.78 is 11.7. The minimum Gasteiger partial charge on any atom is -0.347 e. The number of piperidine rings is 1. The van der Waals surface area contributed by atoms with Crippen LogP contribution in [-0.4, -0.2) is 40.9 Å². The molecule has 18 heavy (non-hydrogen) atoms. The lowest BCUT2D eigenvalue weighted by Crippen LogP contribution is -2.67. The van der Waals surface area contributed by atoms with Gasteiger partial charge in [-0.25, -0.2) is 0 Å². The number of likely N-dealkylation sites (tertiary alicyclic amines) is 1. The van der Waals surface area contributed by atoms with Gasteiger partial charge in [0.05, 0.1) is 13.2 Å². The average molecular weight is 253 g/mol. The third-order valence-corrected chi connectivity index (χ3v) is 3.82.